The van der Waals surface area contributed by atoms with Gasteiger partial charge in [-0.3, -0.25) is 4.57 Å². The van der Waals surface area contributed by atoms with Crippen molar-refractivity contribution in [3.63, 3.8) is 0 Å². The highest BCUT2D eigenvalue weighted by Crippen LogP contribution is 2.50. The van der Waals surface area contributed by atoms with E-state index in [1.807, 2.05) is 36.4 Å². The highest BCUT2D eigenvalue weighted by atomic mass is 15.1. The average Bonchev–Trinajstić information content (AvgIpc) is 3.62. The maximum atomic E-state index is 5.30. The number of fused-ring (bicyclic) bond motifs is 7. The van der Waals surface area contributed by atoms with Gasteiger partial charge in [-0.25, -0.2) is 19.9 Å². The standard InChI is InChI=1S/C45H31N5/c1-45(2)36-22-10-8-19-31(36)34-26-35-32-20-9-11-24-39(32)50(40(35)27-37(34)45)41-25-13-23-38(46-41)44-48-42(29-15-4-3-5-16-29)47-43(49-44)33-21-12-17-28-14-6-7-18-30(28)33/h3-27H,1-2H3. The maximum absolute atomic E-state index is 5.30. The lowest BCUT2D eigenvalue weighted by Gasteiger charge is -2.21. The Labute approximate surface area is 289 Å². The van der Waals surface area contributed by atoms with Crippen LogP contribution in [0.1, 0.15) is 25.0 Å². The molecule has 0 radical (unpaired) electrons. The van der Waals surface area contributed by atoms with Crippen molar-refractivity contribution in [2.24, 2.45) is 0 Å². The normalized spacial score (nSPS) is 13.2. The lowest BCUT2D eigenvalue weighted by atomic mass is 9.82. The van der Waals surface area contributed by atoms with Crippen LogP contribution >= 0.6 is 0 Å². The van der Waals surface area contributed by atoms with E-state index < -0.39 is 0 Å². The van der Waals surface area contributed by atoms with Crippen molar-refractivity contribution in [2.45, 2.75) is 19.3 Å². The van der Waals surface area contributed by atoms with Crippen LogP contribution in [0, 0.1) is 0 Å². The summed E-state index contributed by atoms with van der Waals surface area (Å²) in [6.07, 6.45) is 0. The molecule has 0 saturated carbocycles. The molecule has 0 atom stereocenters. The quantitative estimate of drug-likeness (QED) is 0.192. The summed E-state index contributed by atoms with van der Waals surface area (Å²) >= 11 is 0. The smallest absolute Gasteiger partial charge is 0.182 e. The van der Waals surface area contributed by atoms with Crippen LogP contribution < -0.4 is 0 Å². The van der Waals surface area contributed by atoms with Crippen LogP contribution in [-0.2, 0) is 5.41 Å². The molecule has 0 spiro atoms. The number of para-hydroxylation sites is 1. The second kappa shape index (κ2) is 10.8. The molecule has 0 N–H and O–H groups in total. The van der Waals surface area contributed by atoms with Crippen molar-refractivity contribution >= 4 is 32.6 Å². The number of rotatable bonds is 4. The first-order valence-electron chi connectivity index (χ1n) is 17.0. The molecule has 1 aliphatic carbocycles. The summed E-state index contributed by atoms with van der Waals surface area (Å²) < 4.78 is 2.29. The SMILES string of the molecule is CC1(C)c2ccccc2-c2cc3c4ccccc4n(-c4cccc(-c5nc(-c6ccccc6)nc(-c6cccc7ccccc67)n5)n4)c3cc21. The number of pyridine rings is 1. The van der Waals surface area contributed by atoms with Gasteiger partial charge >= 0.3 is 0 Å². The van der Waals surface area contributed by atoms with Gasteiger partial charge in [-0.15, -0.1) is 0 Å². The third kappa shape index (κ3) is 4.26. The van der Waals surface area contributed by atoms with E-state index in [-0.39, 0.29) is 5.41 Å². The van der Waals surface area contributed by atoms with Gasteiger partial charge in [0.2, 0.25) is 0 Å². The Morgan fingerprint density at radius 2 is 1.12 bits per heavy atom. The van der Waals surface area contributed by atoms with Crippen LogP contribution in [0.3, 0.4) is 0 Å². The van der Waals surface area contributed by atoms with Crippen molar-refractivity contribution in [3.8, 4) is 51.2 Å². The van der Waals surface area contributed by atoms with Gasteiger partial charge in [0.15, 0.2) is 17.5 Å². The van der Waals surface area contributed by atoms with Gasteiger partial charge in [0.25, 0.3) is 0 Å². The average molecular weight is 642 g/mol. The minimum Gasteiger partial charge on any atom is -0.294 e. The lowest BCUT2D eigenvalue weighted by Crippen LogP contribution is -2.15. The zero-order valence-electron chi connectivity index (χ0n) is 27.7. The Bertz CT molecular complexity index is 2790. The molecule has 0 bridgehead atoms. The van der Waals surface area contributed by atoms with Gasteiger partial charge in [-0.05, 0) is 63.4 Å². The molecular formula is C45H31N5. The zero-order chi connectivity index (χ0) is 33.4. The molecule has 3 aromatic heterocycles. The maximum Gasteiger partial charge on any atom is 0.182 e. The van der Waals surface area contributed by atoms with Crippen molar-refractivity contribution in [2.75, 3.05) is 0 Å². The van der Waals surface area contributed by atoms with E-state index in [0.717, 1.165) is 38.8 Å². The van der Waals surface area contributed by atoms with Gasteiger partial charge < -0.3 is 0 Å². The molecule has 50 heavy (non-hydrogen) atoms. The zero-order valence-corrected chi connectivity index (χ0v) is 27.7. The Hall–Kier alpha value is -6.46. The fourth-order valence-electron chi connectivity index (χ4n) is 7.83. The number of nitrogens with zero attached hydrogens (tertiary/aromatic N) is 5. The van der Waals surface area contributed by atoms with E-state index in [9.17, 15) is 0 Å². The van der Waals surface area contributed by atoms with Crippen LogP contribution in [0.25, 0.3) is 83.8 Å². The third-order valence-electron chi connectivity index (χ3n) is 10.3. The molecule has 5 heteroatoms. The van der Waals surface area contributed by atoms with Crippen LogP contribution in [-0.4, -0.2) is 24.5 Å². The molecular weight excluding hydrogens is 611 g/mol. The van der Waals surface area contributed by atoms with Gasteiger partial charge in [-0.2, -0.15) is 0 Å². The molecule has 10 rings (SSSR count). The number of aromatic nitrogens is 5. The third-order valence-corrected chi connectivity index (χ3v) is 10.3. The van der Waals surface area contributed by atoms with Gasteiger partial charge in [0.1, 0.15) is 11.5 Å². The largest absolute Gasteiger partial charge is 0.294 e. The van der Waals surface area contributed by atoms with Gasteiger partial charge in [0, 0.05) is 27.3 Å². The molecule has 0 unspecified atom stereocenters. The van der Waals surface area contributed by atoms with Crippen LogP contribution in [0.15, 0.2) is 152 Å². The molecule has 0 fully saturated rings. The highest BCUT2D eigenvalue weighted by molar-refractivity contribution is 6.11. The molecule has 0 aliphatic heterocycles. The predicted molar refractivity (Wildman–Crippen MR) is 203 cm³/mol. The molecule has 0 amide bonds. The van der Waals surface area contributed by atoms with Crippen LogP contribution in [0.2, 0.25) is 0 Å². The first-order chi connectivity index (χ1) is 24.5. The second-order valence-electron chi connectivity index (χ2n) is 13.5. The van der Waals surface area contributed by atoms with Crippen LogP contribution in [0.5, 0.6) is 0 Å². The Kier molecular flexibility index (Phi) is 6.15. The van der Waals surface area contributed by atoms with Gasteiger partial charge in [-0.1, -0.05) is 135 Å². The molecule has 3 heterocycles. The van der Waals surface area contributed by atoms with E-state index in [4.69, 9.17) is 19.9 Å². The molecule has 0 saturated heterocycles. The predicted octanol–water partition coefficient (Wildman–Crippen LogP) is 10.8. The Morgan fingerprint density at radius 3 is 2.02 bits per heavy atom. The van der Waals surface area contributed by atoms with E-state index in [2.05, 4.69) is 134 Å². The van der Waals surface area contributed by atoms with E-state index in [1.54, 1.807) is 0 Å². The number of benzene rings is 6. The van der Waals surface area contributed by atoms with E-state index in [0.29, 0.717) is 23.2 Å². The topological polar surface area (TPSA) is 56.5 Å². The summed E-state index contributed by atoms with van der Waals surface area (Å²) in [5.74, 6) is 2.57. The van der Waals surface area contributed by atoms with E-state index in [1.165, 1.54) is 33.0 Å². The summed E-state index contributed by atoms with van der Waals surface area (Å²) in [5.41, 5.74) is 10.0. The Balaban J connectivity index is 1.19. The monoisotopic (exact) mass is 641 g/mol. The fraction of sp³-hybridized carbons (Fsp3) is 0.0667. The molecule has 1 aliphatic rings. The fourth-order valence-corrected chi connectivity index (χ4v) is 7.83. The first-order valence-corrected chi connectivity index (χ1v) is 17.0. The second-order valence-corrected chi connectivity index (χ2v) is 13.5. The minimum absolute atomic E-state index is 0.118. The highest BCUT2D eigenvalue weighted by Gasteiger charge is 2.36. The summed E-state index contributed by atoms with van der Waals surface area (Å²) in [5, 5.41) is 4.64. The summed E-state index contributed by atoms with van der Waals surface area (Å²) in [4.78, 5) is 20.4. The summed E-state index contributed by atoms with van der Waals surface area (Å²) in [6, 6.07) is 53.0. The number of hydrogen-bond donors (Lipinski definition) is 0. The first kappa shape index (κ1) is 28.5. The molecule has 6 aromatic carbocycles. The summed E-state index contributed by atoms with van der Waals surface area (Å²) in [7, 11) is 0. The van der Waals surface area contributed by atoms with E-state index >= 15 is 0 Å². The molecule has 9 aromatic rings. The van der Waals surface area contributed by atoms with Crippen molar-refractivity contribution in [1.82, 2.24) is 24.5 Å². The Morgan fingerprint density at radius 1 is 0.440 bits per heavy atom. The molecule has 5 nitrogen and oxygen atoms in total. The van der Waals surface area contributed by atoms with Crippen molar-refractivity contribution < 1.29 is 0 Å². The van der Waals surface area contributed by atoms with Gasteiger partial charge in [0.05, 0.1) is 11.0 Å². The van der Waals surface area contributed by atoms with Crippen molar-refractivity contribution in [1.29, 1.82) is 0 Å². The summed E-state index contributed by atoms with van der Waals surface area (Å²) in [6.45, 7) is 4.65. The number of hydrogen-bond acceptors (Lipinski definition) is 4. The lowest BCUT2D eigenvalue weighted by molar-refractivity contribution is 0.661. The minimum atomic E-state index is -0.118. The molecule has 236 valence electrons. The van der Waals surface area contributed by atoms with Crippen molar-refractivity contribution in [3.05, 3.63) is 163 Å². The van der Waals surface area contributed by atoms with Crippen LogP contribution in [0.4, 0.5) is 0 Å².